The highest BCUT2D eigenvalue weighted by atomic mass is 35.5. The van der Waals surface area contributed by atoms with E-state index in [-0.39, 0.29) is 11.9 Å². The van der Waals surface area contributed by atoms with Crippen LogP contribution in [0.3, 0.4) is 0 Å². The van der Waals surface area contributed by atoms with Crippen molar-refractivity contribution in [1.29, 1.82) is 0 Å². The maximum atomic E-state index is 12.7. The Labute approximate surface area is 159 Å². The molecule has 0 aliphatic heterocycles. The van der Waals surface area contributed by atoms with Crippen molar-refractivity contribution in [3.63, 3.8) is 0 Å². The molecule has 26 heavy (non-hydrogen) atoms. The van der Waals surface area contributed by atoms with E-state index in [1.165, 1.54) is 0 Å². The van der Waals surface area contributed by atoms with Crippen molar-refractivity contribution in [3.05, 3.63) is 64.7 Å². The van der Waals surface area contributed by atoms with Gasteiger partial charge < -0.3 is 14.7 Å². The molecule has 0 unspecified atom stereocenters. The fraction of sp³-hybridized carbons (Fsp3) is 0.381. The summed E-state index contributed by atoms with van der Waals surface area (Å²) in [6.45, 7) is 0.376. The van der Waals surface area contributed by atoms with Crippen LogP contribution in [0.4, 0.5) is 0 Å². The molecule has 1 aliphatic carbocycles. The van der Waals surface area contributed by atoms with Gasteiger partial charge in [-0.2, -0.15) is 0 Å². The van der Waals surface area contributed by atoms with Crippen molar-refractivity contribution in [2.45, 2.75) is 44.4 Å². The number of halogens is 1. The highest BCUT2D eigenvalue weighted by Crippen LogP contribution is 2.24. The molecule has 1 N–H and O–H groups in total. The maximum Gasteiger partial charge on any atom is 0.253 e. The molecule has 2 atom stereocenters. The second-order valence-electron chi connectivity index (χ2n) is 6.74. The monoisotopic (exact) mass is 373 g/mol. The third-order valence-corrected chi connectivity index (χ3v) is 5.33. The standard InChI is InChI=1S/C21H24ClNO3/c1-23(19-8-4-5-9-20(19)24)21(25)15-10-12-17(13-11-15)26-14-16-6-2-3-7-18(16)22/h2-3,6-7,10-13,19-20,24H,4-5,8-9,14H2,1H3/t19-,20-/m0/s1. The number of ether oxygens (including phenoxy) is 1. The summed E-state index contributed by atoms with van der Waals surface area (Å²) in [5.41, 5.74) is 1.51. The molecule has 138 valence electrons. The number of aliphatic hydroxyl groups is 1. The number of carbonyl (C=O) groups is 1. The lowest BCUT2D eigenvalue weighted by Gasteiger charge is -2.35. The third kappa shape index (κ3) is 4.37. The summed E-state index contributed by atoms with van der Waals surface area (Å²) in [6, 6.07) is 14.5. The Balaban J connectivity index is 1.61. The van der Waals surface area contributed by atoms with Crippen LogP contribution in [0.1, 0.15) is 41.6 Å². The molecule has 0 heterocycles. The number of nitrogens with zero attached hydrogens (tertiary/aromatic N) is 1. The SMILES string of the molecule is CN(C(=O)c1ccc(OCc2ccccc2Cl)cc1)[C@H]1CCCC[C@@H]1O. The van der Waals surface area contributed by atoms with E-state index in [4.69, 9.17) is 16.3 Å². The highest BCUT2D eigenvalue weighted by molar-refractivity contribution is 6.31. The summed E-state index contributed by atoms with van der Waals surface area (Å²) in [5.74, 6) is 0.607. The number of amides is 1. The van der Waals surface area contributed by atoms with E-state index < -0.39 is 6.10 Å². The maximum absolute atomic E-state index is 12.7. The zero-order chi connectivity index (χ0) is 18.5. The molecule has 0 spiro atoms. The molecule has 2 aromatic rings. The van der Waals surface area contributed by atoms with E-state index in [1.807, 2.05) is 24.3 Å². The zero-order valence-electron chi connectivity index (χ0n) is 14.9. The van der Waals surface area contributed by atoms with Crippen LogP contribution >= 0.6 is 11.6 Å². The molecule has 1 aliphatic rings. The fourth-order valence-corrected chi connectivity index (χ4v) is 3.56. The summed E-state index contributed by atoms with van der Waals surface area (Å²) in [4.78, 5) is 14.4. The Kier molecular flexibility index (Phi) is 6.17. The molecule has 0 saturated heterocycles. The molecule has 0 bridgehead atoms. The van der Waals surface area contributed by atoms with Gasteiger partial charge >= 0.3 is 0 Å². The van der Waals surface area contributed by atoms with Gasteiger partial charge in [0.1, 0.15) is 12.4 Å². The Morgan fingerprint density at radius 2 is 1.85 bits per heavy atom. The quantitative estimate of drug-likeness (QED) is 0.850. The van der Waals surface area contributed by atoms with Gasteiger partial charge in [-0.05, 0) is 43.2 Å². The Morgan fingerprint density at radius 1 is 1.15 bits per heavy atom. The Bertz CT molecular complexity index is 747. The number of hydrogen-bond acceptors (Lipinski definition) is 3. The molecular formula is C21H24ClNO3. The van der Waals surface area contributed by atoms with E-state index in [0.717, 1.165) is 31.2 Å². The minimum Gasteiger partial charge on any atom is -0.489 e. The molecule has 0 radical (unpaired) electrons. The second-order valence-corrected chi connectivity index (χ2v) is 7.15. The summed E-state index contributed by atoms with van der Waals surface area (Å²) in [6.07, 6.45) is 3.25. The van der Waals surface area contributed by atoms with Crippen LogP contribution in [-0.2, 0) is 6.61 Å². The molecule has 0 aromatic heterocycles. The van der Waals surface area contributed by atoms with E-state index in [1.54, 1.807) is 36.2 Å². The number of aliphatic hydroxyl groups excluding tert-OH is 1. The first-order valence-corrected chi connectivity index (χ1v) is 9.35. The Morgan fingerprint density at radius 3 is 2.54 bits per heavy atom. The molecule has 1 amide bonds. The lowest BCUT2D eigenvalue weighted by atomic mass is 9.91. The van der Waals surface area contributed by atoms with Gasteiger partial charge in [0.25, 0.3) is 5.91 Å². The largest absolute Gasteiger partial charge is 0.489 e. The second kappa shape index (κ2) is 8.56. The molecule has 4 nitrogen and oxygen atoms in total. The first kappa shape index (κ1) is 18.7. The number of hydrogen-bond donors (Lipinski definition) is 1. The van der Waals surface area contributed by atoms with Crippen molar-refractivity contribution in [3.8, 4) is 5.75 Å². The first-order chi connectivity index (χ1) is 12.6. The van der Waals surface area contributed by atoms with E-state index in [0.29, 0.717) is 22.9 Å². The van der Waals surface area contributed by atoms with Crippen LogP contribution in [0.2, 0.25) is 5.02 Å². The molecule has 3 rings (SSSR count). The molecule has 1 fully saturated rings. The Hall–Kier alpha value is -2.04. The number of benzene rings is 2. The molecule has 2 aromatic carbocycles. The minimum atomic E-state index is -0.434. The summed E-state index contributed by atoms with van der Waals surface area (Å²) < 4.78 is 5.75. The van der Waals surface area contributed by atoms with Crippen molar-refractivity contribution in [1.82, 2.24) is 4.90 Å². The van der Waals surface area contributed by atoms with E-state index in [9.17, 15) is 9.90 Å². The lowest BCUT2D eigenvalue weighted by Crippen LogP contribution is -2.46. The van der Waals surface area contributed by atoms with E-state index >= 15 is 0 Å². The first-order valence-electron chi connectivity index (χ1n) is 8.98. The van der Waals surface area contributed by atoms with Gasteiger partial charge in [-0.15, -0.1) is 0 Å². The highest BCUT2D eigenvalue weighted by Gasteiger charge is 2.29. The van der Waals surface area contributed by atoms with Crippen LogP contribution in [0.5, 0.6) is 5.75 Å². The lowest BCUT2D eigenvalue weighted by molar-refractivity contribution is 0.0268. The van der Waals surface area contributed by atoms with Crippen molar-refractivity contribution in [2.75, 3.05) is 7.05 Å². The zero-order valence-corrected chi connectivity index (χ0v) is 15.7. The van der Waals surface area contributed by atoms with Crippen LogP contribution < -0.4 is 4.74 Å². The van der Waals surface area contributed by atoms with Crippen LogP contribution in [-0.4, -0.2) is 35.1 Å². The van der Waals surface area contributed by atoms with Crippen molar-refractivity contribution in [2.24, 2.45) is 0 Å². The van der Waals surface area contributed by atoms with Crippen molar-refractivity contribution >= 4 is 17.5 Å². The van der Waals surface area contributed by atoms with Crippen LogP contribution in [0.25, 0.3) is 0 Å². The summed E-state index contributed by atoms with van der Waals surface area (Å²) in [5, 5.41) is 10.8. The normalized spacial score (nSPS) is 19.8. The summed E-state index contributed by atoms with van der Waals surface area (Å²) in [7, 11) is 1.77. The third-order valence-electron chi connectivity index (χ3n) is 4.97. The predicted molar refractivity (Wildman–Crippen MR) is 103 cm³/mol. The summed E-state index contributed by atoms with van der Waals surface area (Å²) >= 11 is 6.13. The van der Waals surface area contributed by atoms with Crippen molar-refractivity contribution < 1.29 is 14.6 Å². The molecule has 1 saturated carbocycles. The minimum absolute atomic E-state index is 0.0754. The molecular weight excluding hydrogens is 350 g/mol. The van der Waals surface area contributed by atoms with Gasteiger partial charge in [-0.25, -0.2) is 0 Å². The van der Waals surface area contributed by atoms with Gasteiger partial charge in [-0.1, -0.05) is 42.6 Å². The van der Waals surface area contributed by atoms with Crippen LogP contribution in [0, 0.1) is 0 Å². The smallest absolute Gasteiger partial charge is 0.253 e. The topological polar surface area (TPSA) is 49.8 Å². The van der Waals surface area contributed by atoms with Gasteiger partial charge in [0.05, 0.1) is 12.1 Å². The number of likely N-dealkylation sites (N-methyl/N-ethyl adjacent to an activating group) is 1. The van der Waals surface area contributed by atoms with Gasteiger partial charge in [0.15, 0.2) is 0 Å². The molecule has 5 heteroatoms. The van der Waals surface area contributed by atoms with E-state index in [2.05, 4.69) is 0 Å². The number of carbonyl (C=O) groups excluding carboxylic acids is 1. The average Bonchev–Trinajstić information content (AvgIpc) is 2.67. The van der Waals surface area contributed by atoms with Gasteiger partial charge in [-0.3, -0.25) is 4.79 Å². The fourth-order valence-electron chi connectivity index (χ4n) is 3.37. The van der Waals surface area contributed by atoms with Gasteiger partial charge in [0.2, 0.25) is 0 Å². The van der Waals surface area contributed by atoms with Crippen LogP contribution in [0.15, 0.2) is 48.5 Å². The average molecular weight is 374 g/mol. The van der Waals surface area contributed by atoms with Gasteiger partial charge in [0, 0.05) is 23.2 Å². The number of rotatable bonds is 5. The predicted octanol–water partition coefficient (Wildman–Crippen LogP) is 4.29.